The fourth-order valence-electron chi connectivity index (χ4n) is 3.31. The molecule has 0 aliphatic rings. The molecule has 3 N–H and O–H groups in total. The summed E-state index contributed by atoms with van der Waals surface area (Å²) in [4.78, 5) is 47.4. The van der Waals surface area contributed by atoms with E-state index in [0.29, 0.717) is 22.6 Å². The third-order valence-electron chi connectivity index (χ3n) is 5.23. The van der Waals surface area contributed by atoms with Crippen LogP contribution in [0.25, 0.3) is 6.08 Å². The Morgan fingerprint density at radius 3 is 2.29 bits per heavy atom. The maximum atomic E-state index is 13.1. The van der Waals surface area contributed by atoms with Gasteiger partial charge in [0.25, 0.3) is 11.8 Å². The van der Waals surface area contributed by atoms with Crippen LogP contribution >= 0.6 is 11.8 Å². The molecule has 190 valence electrons. The van der Waals surface area contributed by atoms with Crippen molar-refractivity contribution >= 4 is 47.1 Å². The highest BCUT2D eigenvalue weighted by Gasteiger charge is 2.17. The van der Waals surface area contributed by atoms with Crippen molar-refractivity contribution < 1.29 is 14.4 Å². The molecule has 2 aromatic carbocycles. The van der Waals surface area contributed by atoms with E-state index in [4.69, 9.17) is 0 Å². The van der Waals surface area contributed by atoms with E-state index >= 15 is 0 Å². The molecule has 2 heterocycles. The fourth-order valence-corrected chi connectivity index (χ4v) is 4.18. The lowest BCUT2D eigenvalue weighted by atomic mass is 10.2. The van der Waals surface area contributed by atoms with Crippen LogP contribution in [0.5, 0.6) is 0 Å². The Hall–Kier alpha value is -4.76. The molecule has 1 atom stereocenters. The predicted octanol–water partition coefficient (Wildman–Crippen LogP) is 5.01. The van der Waals surface area contributed by atoms with Crippen LogP contribution in [-0.2, 0) is 9.59 Å². The second-order valence-electron chi connectivity index (χ2n) is 8.11. The number of pyridine rings is 2. The number of benzene rings is 2. The van der Waals surface area contributed by atoms with Crippen LogP contribution in [0.15, 0.2) is 114 Å². The Labute approximate surface area is 224 Å². The van der Waals surface area contributed by atoms with Crippen molar-refractivity contribution in [1.29, 1.82) is 0 Å². The van der Waals surface area contributed by atoms with E-state index in [1.807, 2.05) is 25.1 Å². The summed E-state index contributed by atoms with van der Waals surface area (Å²) in [7, 11) is 0. The maximum absolute atomic E-state index is 13.1. The van der Waals surface area contributed by atoms with Crippen LogP contribution < -0.4 is 16.0 Å². The van der Waals surface area contributed by atoms with Gasteiger partial charge in [-0.15, -0.1) is 11.8 Å². The van der Waals surface area contributed by atoms with E-state index in [1.54, 1.807) is 91.4 Å². The van der Waals surface area contributed by atoms with Crippen LogP contribution in [0.4, 0.5) is 11.5 Å². The minimum atomic E-state index is -0.485. The zero-order valence-corrected chi connectivity index (χ0v) is 21.3. The predicted molar refractivity (Wildman–Crippen MR) is 149 cm³/mol. The van der Waals surface area contributed by atoms with Gasteiger partial charge in [-0.2, -0.15) is 0 Å². The molecular weight excluding hydrogens is 498 g/mol. The topological polar surface area (TPSA) is 113 Å². The molecule has 4 rings (SSSR count). The molecular formula is C29H25N5O3S. The summed E-state index contributed by atoms with van der Waals surface area (Å²) in [6.45, 7) is 1.81. The lowest BCUT2D eigenvalue weighted by molar-refractivity contribution is -0.115. The number of carbonyl (C=O) groups excluding carboxylic acids is 3. The SMILES string of the molecule is CC(Sc1ccc(NC(=O)/C(=C/c2cccnc2)NC(=O)c2ccccc2)cc1)C(=O)Nc1ccccn1. The Morgan fingerprint density at radius 2 is 1.61 bits per heavy atom. The third-order valence-corrected chi connectivity index (χ3v) is 6.35. The first-order chi connectivity index (χ1) is 18.5. The number of carbonyl (C=O) groups is 3. The summed E-state index contributed by atoms with van der Waals surface area (Å²) in [5, 5.41) is 7.94. The van der Waals surface area contributed by atoms with Crippen molar-refractivity contribution in [2.45, 2.75) is 17.1 Å². The number of nitrogens with one attached hydrogen (secondary N) is 3. The van der Waals surface area contributed by atoms with Crippen molar-refractivity contribution in [3.8, 4) is 0 Å². The average Bonchev–Trinajstić information content (AvgIpc) is 2.95. The monoisotopic (exact) mass is 523 g/mol. The number of amides is 3. The van der Waals surface area contributed by atoms with Crippen LogP contribution in [0, 0.1) is 0 Å². The normalized spacial score (nSPS) is 11.8. The van der Waals surface area contributed by atoms with Gasteiger partial charge >= 0.3 is 0 Å². The number of hydrogen-bond donors (Lipinski definition) is 3. The van der Waals surface area contributed by atoms with E-state index in [9.17, 15) is 14.4 Å². The molecule has 0 saturated heterocycles. The lowest BCUT2D eigenvalue weighted by Crippen LogP contribution is -2.30. The quantitative estimate of drug-likeness (QED) is 0.210. The first kappa shape index (κ1) is 26.3. The minimum Gasteiger partial charge on any atom is -0.321 e. The molecule has 0 radical (unpaired) electrons. The Balaban J connectivity index is 1.41. The van der Waals surface area contributed by atoms with Crippen molar-refractivity contribution in [2.24, 2.45) is 0 Å². The van der Waals surface area contributed by atoms with Gasteiger partial charge in [0.05, 0.1) is 5.25 Å². The molecule has 4 aromatic rings. The van der Waals surface area contributed by atoms with Crippen molar-refractivity contribution in [2.75, 3.05) is 10.6 Å². The van der Waals surface area contributed by atoms with E-state index in [1.165, 1.54) is 11.8 Å². The zero-order valence-electron chi connectivity index (χ0n) is 20.5. The molecule has 9 heteroatoms. The molecule has 38 heavy (non-hydrogen) atoms. The number of nitrogens with zero attached hydrogens (tertiary/aromatic N) is 2. The van der Waals surface area contributed by atoms with Gasteiger partial charge in [0, 0.05) is 34.7 Å². The van der Waals surface area contributed by atoms with E-state index < -0.39 is 11.8 Å². The molecule has 0 aliphatic heterocycles. The molecule has 0 bridgehead atoms. The van der Waals surface area contributed by atoms with Crippen LogP contribution in [-0.4, -0.2) is 32.9 Å². The molecule has 0 aliphatic carbocycles. The zero-order chi connectivity index (χ0) is 26.7. The summed E-state index contributed by atoms with van der Waals surface area (Å²) in [5.74, 6) is -0.551. The van der Waals surface area contributed by atoms with Gasteiger partial charge in [0.1, 0.15) is 11.5 Å². The maximum Gasteiger partial charge on any atom is 0.272 e. The highest BCUT2D eigenvalue weighted by atomic mass is 32.2. The highest BCUT2D eigenvalue weighted by Crippen LogP contribution is 2.25. The van der Waals surface area contributed by atoms with Crippen LogP contribution in [0.3, 0.4) is 0 Å². The second kappa shape index (κ2) is 13.0. The second-order valence-corrected chi connectivity index (χ2v) is 9.52. The van der Waals surface area contributed by atoms with Gasteiger partial charge in [-0.1, -0.05) is 30.3 Å². The van der Waals surface area contributed by atoms with E-state index in [0.717, 1.165) is 4.90 Å². The Bertz CT molecular complexity index is 1410. The van der Waals surface area contributed by atoms with Gasteiger partial charge in [-0.05, 0) is 73.2 Å². The largest absolute Gasteiger partial charge is 0.321 e. The lowest BCUT2D eigenvalue weighted by Gasteiger charge is -2.13. The summed E-state index contributed by atoms with van der Waals surface area (Å²) in [6.07, 6.45) is 6.40. The average molecular weight is 524 g/mol. The molecule has 1 unspecified atom stereocenters. The van der Waals surface area contributed by atoms with E-state index in [2.05, 4.69) is 25.9 Å². The number of thioether (sulfide) groups is 1. The summed E-state index contributed by atoms with van der Waals surface area (Å²) < 4.78 is 0. The van der Waals surface area contributed by atoms with Gasteiger partial charge in [-0.3, -0.25) is 19.4 Å². The standard InChI is InChI=1S/C29H25N5O3S/c1-20(27(35)34-26-11-5-6-17-31-26)38-24-14-12-23(13-15-24)32-29(37)25(18-21-8-7-16-30-19-21)33-28(36)22-9-3-2-4-10-22/h2-20H,1H3,(H,32,37)(H,33,36)(H,31,34,35)/b25-18-. The highest BCUT2D eigenvalue weighted by molar-refractivity contribution is 8.00. The summed E-state index contributed by atoms with van der Waals surface area (Å²) in [5.41, 5.74) is 1.71. The van der Waals surface area contributed by atoms with Crippen molar-refractivity contribution in [3.05, 3.63) is 120 Å². The summed E-state index contributed by atoms with van der Waals surface area (Å²) in [6, 6.07) is 24.6. The Kier molecular flexibility index (Phi) is 8.98. The molecule has 0 saturated carbocycles. The number of anilines is 2. The molecule has 3 amide bonds. The molecule has 8 nitrogen and oxygen atoms in total. The van der Waals surface area contributed by atoms with Gasteiger partial charge < -0.3 is 16.0 Å². The minimum absolute atomic E-state index is 0.0742. The Morgan fingerprint density at radius 1 is 0.842 bits per heavy atom. The van der Waals surface area contributed by atoms with Crippen LogP contribution in [0.1, 0.15) is 22.8 Å². The van der Waals surface area contributed by atoms with Gasteiger partial charge in [0.15, 0.2) is 0 Å². The first-order valence-electron chi connectivity index (χ1n) is 11.8. The fraction of sp³-hybridized carbons (Fsp3) is 0.0690. The van der Waals surface area contributed by atoms with E-state index in [-0.39, 0.29) is 16.9 Å². The number of hydrogen-bond acceptors (Lipinski definition) is 6. The number of aromatic nitrogens is 2. The molecule has 2 aromatic heterocycles. The van der Waals surface area contributed by atoms with Gasteiger partial charge in [0.2, 0.25) is 5.91 Å². The summed E-state index contributed by atoms with van der Waals surface area (Å²) >= 11 is 1.38. The van der Waals surface area contributed by atoms with Crippen LogP contribution in [0.2, 0.25) is 0 Å². The van der Waals surface area contributed by atoms with Crippen molar-refractivity contribution in [3.63, 3.8) is 0 Å². The number of rotatable bonds is 9. The first-order valence-corrected chi connectivity index (χ1v) is 12.6. The van der Waals surface area contributed by atoms with Gasteiger partial charge in [-0.25, -0.2) is 4.98 Å². The molecule has 0 fully saturated rings. The smallest absolute Gasteiger partial charge is 0.272 e. The molecule has 0 spiro atoms. The third kappa shape index (κ3) is 7.62. The van der Waals surface area contributed by atoms with Crippen molar-refractivity contribution in [1.82, 2.24) is 15.3 Å².